The summed E-state index contributed by atoms with van der Waals surface area (Å²) in [7, 11) is 3.22. The van der Waals surface area contributed by atoms with Gasteiger partial charge in [-0.05, 0) is 30.2 Å². The molecule has 1 heterocycles. The van der Waals surface area contributed by atoms with Crippen molar-refractivity contribution in [2.45, 2.75) is 13.3 Å². The average Bonchev–Trinajstić information content (AvgIpc) is 2.51. The Morgan fingerprint density at radius 3 is 2.36 bits per heavy atom. The van der Waals surface area contributed by atoms with E-state index in [1.807, 2.05) is 31.2 Å². The summed E-state index contributed by atoms with van der Waals surface area (Å²) < 4.78 is 10.7. The van der Waals surface area contributed by atoms with Gasteiger partial charge in [0.15, 0.2) is 11.5 Å². The molecule has 1 aromatic heterocycles. The normalized spacial score (nSPS) is 10.9. The number of hydrogen-bond acceptors (Lipinski definition) is 6. The van der Waals surface area contributed by atoms with Crippen molar-refractivity contribution in [3.63, 3.8) is 0 Å². The lowest BCUT2D eigenvalue weighted by Crippen LogP contribution is -2.05. The molecule has 116 valence electrons. The number of aromatic nitrogens is 2. The molecule has 0 bridgehead atoms. The highest BCUT2D eigenvalue weighted by molar-refractivity contribution is 5.61. The first-order valence-electron chi connectivity index (χ1n) is 6.83. The van der Waals surface area contributed by atoms with Gasteiger partial charge < -0.3 is 20.9 Å². The molecule has 22 heavy (non-hydrogen) atoms. The van der Waals surface area contributed by atoms with Gasteiger partial charge in [-0.15, -0.1) is 0 Å². The summed E-state index contributed by atoms with van der Waals surface area (Å²) in [4.78, 5) is 7.99. The third-order valence-electron chi connectivity index (χ3n) is 3.29. The molecule has 0 aliphatic carbocycles. The molecule has 0 atom stereocenters. The third-order valence-corrected chi connectivity index (χ3v) is 3.29. The molecule has 2 rings (SSSR count). The van der Waals surface area contributed by atoms with Crippen molar-refractivity contribution < 1.29 is 9.47 Å². The largest absolute Gasteiger partial charge is 0.493 e. The van der Waals surface area contributed by atoms with Gasteiger partial charge in [0.2, 0.25) is 5.95 Å². The van der Waals surface area contributed by atoms with E-state index >= 15 is 0 Å². The number of methoxy groups -OCH3 is 2. The Balaban J connectivity index is 2.48. The fourth-order valence-corrected chi connectivity index (χ4v) is 2.20. The first-order chi connectivity index (χ1) is 10.6. The van der Waals surface area contributed by atoms with Gasteiger partial charge >= 0.3 is 0 Å². The Morgan fingerprint density at radius 2 is 1.77 bits per heavy atom. The Hall–Kier alpha value is -2.76. The first-order valence-corrected chi connectivity index (χ1v) is 6.83. The standard InChI is InChI=1S/C16H20N4O2/c1-4-5-10-7-13(21-2)14(22-3)8-11(10)6-12-9-19-16(18)20-15(12)17/h4-5,7-9H,6H2,1-3H3,(H4,17,18,19,20). The molecule has 1 aromatic carbocycles. The smallest absolute Gasteiger partial charge is 0.221 e. The number of hydrogen-bond donors (Lipinski definition) is 2. The maximum Gasteiger partial charge on any atom is 0.221 e. The molecule has 0 saturated heterocycles. The lowest BCUT2D eigenvalue weighted by Gasteiger charge is -2.14. The number of benzene rings is 1. The van der Waals surface area contributed by atoms with E-state index in [2.05, 4.69) is 9.97 Å². The Morgan fingerprint density at radius 1 is 1.09 bits per heavy atom. The zero-order chi connectivity index (χ0) is 16.1. The predicted molar refractivity (Wildman–Crippen MR) is 87.9 cm³/mol. The van der Waals surface area contributed by atoms with Crippen LogP contribution in [0.15, 0.2) is 24.4 Å². The quantitative estimate of drug-likeness (QED) is 0.879. The number of nitrogens with zero attached hydrogens (tertiary/aromatic N) is 2. The number of nitrogens with two attached hydrogens (primary N) is 2. The SMILES string of the molecule is CC=Cc1cc(OC)c(OC)cc1Cc1cnc(N)nc1N. The van der Waals surface area contributed by atoms with Gasteiger partial charge in [0.05, 0.1) is 14.2 Å². The topological polar surface area (TPSA) is 96.3 Å². The summed E-state index contributed by atoms with van der Waals surface area (Å²) in [6, 6.07) is 3.87. The van der Waals surface area contributed by atoms with Crippen molar-refractivity contribution in [3.05, 3.63) is 41.1 Å². The summed E-state index contributed by atoms with van der Waals surface area (Å²) >= 11 is 0. The van der Waals surface area contributed by atoms with E-state index in [0.29, 0.717) is 23.7 Å². The molecule has 6 heteroatoms. The van der Waals surface area contributed by atoms with Gasteiger partial charge in [-0.2, -0.15) is 4.98 Å². The predicted octanol–water partition coefficient (Wildman–Crippen LogP) is 2.28. The van der Waals surface area contributed by atoms with E-state index in [1.165, 1.54) is 0 Å². The number of rotatable bonds is 5. The van der Waals surface area contributed by atoms with Gasteiger partial charge in [0, 0.05) is 18.2 Å². The molecule has 0 amide bonds. The Kier molecular flexibility index (Phi) is 4.83. The lowest BCUT2D eigenvalue weighted by molar-refractivity contribution is 0.354. The van der Waals surface area contributed by atoms with Crippen LogP contribution in [0, 0.1) is 0 Å². The first kappa shape index (κ1) is 15.6. The molecular formula is C16H20N4O2. The minimum atomic E-state index is 0.169. The Labute approximate surface area is 129 Å². The van der Waals surface area contributed by atoms with Gasteiger partial charge in [-0.25, -0.2) is 4.98 Å². The lowest BCUT2D eigenvalue weighted by atomic mass is 9.99. The van der Waals surface area contributed by atoms with Crippen molar-refractivity contribution >= 4 is 17.8 Å². The average molecular weight is 300 g/mol. The molecule has 0 aliphatic heterocycles. The maximum absolute atomic E-state index is 5.91. The third kappa shape index (κ3) is 3.28. The van der Waals surface area contributed by atoms with Crippen molar-refractivity contribution in [1.29, 1.82) is 0 Å². The van der Waals surface area contributed by atoms with Crippen LogP contribution >= 0.6 is 0 Å². The number of ether oxygens (including phenoxy) is 2. The highest BCUT2D eigenvalue weighted by Crippen LogP contribution is 2.32. The molecule has 4 N–H and O–H groups in total. The molecule has 0 spiro atoms. The fraction of sp³-hybridized carbons (Fsp3) is 0.250. The van der Waals surface area contributed by atoms with E-state index in [9.17, 15) is 0 Å². The van der Waals surface area contributed by atoms with Gasteiger partial charge in [-0.3, -0.25) is 0 Å². The Bertz CT molecular complexity index is 699. The highest BCUT2D eigenvalue weighted by Gasteiger charge is 2.12. The van der Waals surface area contributed by atoms with Crippen LogP contribution < -0.4 is 20.9 Å². The number of nitrogen functional groups attached to an aromatic ring is 2. The van der Waals surface area contributed by atoms with Crippen LogP contribution in [0.5, 0.6) is 11.5 Å². The highest BCUT2D eigenvalue weighted by atomic mass is 16.5. The van der Waals surface area contributed by atoms with E-state index < -0.39 is 0 Å². The second-order valence-electron chi connectivity index (χ2n) is 4.72. The van der Waals surface area contributed by atoms with Crippen LogP contribution in [-0.2, 0) is 6.42 Å². The minimum absolute atomic E-state index is 0.169. The van der Waals surface area contributed by atoms with Crippen LogP contribution in [-0.4, -0.2) is 24.2 Å². The van der Waals surface area contributed by atoms with E-state index in [1.54, 1.807) is 20.4 Å². The minimum Gasteiger partial charge on any atom is -0.493 e. The van der Waals surface area contributed by atoms with E-state index in [4.69, 9.17) is 20.9 Å². The summed E-state index contributed by atoms with van der Waals surface area (Å²) in [5.41, 5.74) is 14.3. The summed E-state index contributed by atoms with van der Waals surface area (Å²) in [6.45, 7) is 1.96. The van der Waals surface area contributed by atoms with Crippen LogP contribution in [0.2, 0.25) is 0 Å². The van der Waals surface area contributed by atoms with E-state index in [0.717, 1.165) is 16.7 Å². The van der Waals surface area contributed by atoms with Crippen LogP contribution in [0.25, 0.3) is 6.08 Å². The van der Waals surface area contributed by atoms with Gasteiger partial charge in [0.1, 0.15) is 5.82 Å². The number of anilines is 2. The zero-order valence-electron chi connectivity index (χ0n) is 13.0. The van der Waals surface area contributed by atoms with Crippen molar-refractivity contribution in [3.8, 4) is 11.5 Å². The van der Waals surface area contributed by atoms with Crippen molar-refractivity contribution in [2.75, 3.05) is 25.7 Å². The summed E-state index contributed by atoms with van der Waals surface area (Å²) in [6.07, 6.45) is 6.19. The van der Waals surface area contributed by atoms with Gasteiger partial charge in [0.25, 0.3) is 0 Å². The number of allylic oxidation sites excluding steroid dienone is 1. The molecular weight excluding hydrogens is 280 g/mol. The second kappa shape index (κ2) is 6.80. The van der Waals surface area contributed by atoms with Crippen LogP contribution in [0.3, 0.4) is 0 Å². The molecule has 0 radical (unpaired) electrons. The molecule has 0 aliphatic rings. The monoisotopic (exact) mass is 300 g/mol. The van der Waals surface area contributed by atoms with Crippen molar-refractivity contribution in [1.82, 2.24) is 9.97 Å². The zero-order valence-corrected chi connectivity index (χ0v) is 13.0. The van der Waals surface area contributed by atoms with Gasteiger partial charge in [-0.1, -0.05) is 12.2 Å². The summed E-state index contributed by atoms with van der Waals surface area (Å²) in [5, 5.41) is 0. The molecule has 0 fully saturated rings. The van der Waals surface area contributed by atoms with Crippen molar-refractivity contribution in [2.24, 2.45) is 0 Å². The molecule has 6 nitrogen and oxygen atoms in total. The molecule has 0 saturated carbocycles. The summed E-state index contributed by atoms with van der Waals surface area (Å²) in [5.74, 6) is 1.90. The second-order valence-corrected chi connectivity index (χ2v) is 4.72. The fourth-order valence-electron chi connectivity index (χ4n) is 2.20. The van der Waals surface area contributed by atoms with Crippen LogP contribution in [0.4, 0.5) is 11.8 Å². The molecule has 2 aromatic rings. The van der Waals surface area contributed by atoms with Crippen LogP contribution in [0.1, 0.15) is 23.6 Å². The van der Waals surface area contributed by atoms with E-state index in [-0.39, 0.29) is 5.95 Å². The molecule has 0 unspecified atom stereocenters. The maximum atomic E-state index is 5.91.